The number of ketones is 1. The van der Waals surface area contributed by atoms with Crippen LogP contribution in [0.25, 0.3) is 0 Å². The fraction of sp³-hybridized carbons (Fsp3) is 0.643. The van der Waals surface area contributed by atoms with E-state index >= 15 is 0 Å². The van der Waals surface area contributed by atoms with Crippen molar-refractivity contribution in [1.82, 2.24) is 0 Å². The highest BCUT2D eigenvalue weighted by Gasteiger charge is 2.60. The molecule has 1 N–H and O–H groups in total. The summed E-state index contributed by atoms with van der Waals surface area (Å²) in [5, 5.41) is 12.6. The van der Waals surface area contributed by atoms with Gasteiger partial charge in [-0.1, -0.05) is 12.1 Å². The van der Waals surface area contributed by atoms with E-state index in [2.05, 4.69) is 0 Å². The van der Waals surface area contributed by atoms with Gasteiger partial charge in [-0.25, -0.2) is 0 Å². The van der Waals surface area contributed by atoms with Gasteiger partial charge in [-0.2, -0.15) is 0 Å². The van der Waals surface area contributed by atoms with E-state index in [-0.39, 0.29) is 18.0 Å². The summed E-state index contributed by atoms with van der Waals surface area (Å²) in [6, 6.07) is 5.39. The van der Waals surface area contributed by atoms with Crippen LogP contribution >= 0.6 is 0 Å². The summed E-state index contributed by atoms with van der Waals surface area (Å²) in [7, 11) is 2.20. The first kappa shape index (κ1) is 31.2. The van der Waals surface area contributed by atoms with Crippen LogP contribution in [0.5, 0.6) is 5.75 Å². The van der Waals surface area contributed by atoms with Crippen molar-refractivity contribution in [2.45, 2.75) is 85.6 Å². The molecule has 37 heavy (non-hydrogen) atoms. The minimum Gasteiger partial charge on any atom is -0.496 e. The lowest BCUT2D eigenvalue weighted by atomic mass is 9.61. The number of methoxy groups -OCH3 is 3. The van der Waals surface area contributed by atoms with Crippen molar-refractivity contribution in [1.29, 1.82) is 0 Å². The third kappa shape index (κ3) is 6.17. The van der Waals surface area contributed by atoms with Crippen molar-refractivity contribution in [2.24, 2.45) is 10.8 Å². The molecule has 0 unspecified atom stereocenters. The van der Waals surface area contributed by atoms with E-state index in [0.29, 0.717) is 22.4 Å². The van der Waals surface area contributed by atoms with E-state index in [1.165, 1.54) is 21.3 Å². The van der Waals surface area contributed by atoms with Crippen LogP contribution < -0.4 is 4.74 Å². The molecule has 0 amide bonds. The number of ether oxygens (including phenoxy) is 4. The molecule has 0 radical (unpaired) electrons. The first-order valence-electron chi connectivity index (χ1n) is 12.4. The van der Waals surface area contributed by atoms with Crippen LogP contribution in [-0.4, -0.2) is 52.1 Å². The fourth-order valence-electron chi connectivity index (χ4n) is 4.51. The third-order valence-corrected chi connectivity index (χ3v) is 7.78. The van der Waals surface area contributed by atoms with E-state index in [4.69, 9.17) is 23.4 Å². The largest absolute Gasteiger partial charge is 0.496 e. The highest BCUT2D eigenvalue weighted by molar-refractivity contribution is 6.69. The molecule has 1 aromatic rings. The van der Waals surface area contributed by atoms with Gasteiger partial charge in [0.2, 0.25) is 0 Å². The maximum absolute atomic E-state index is 13.8. The van der Waals surface area contributed by atoms with E-state index in [9.17, 15) is 14.7 Å². The molecule has 2 atom stereocenters. The van der Waals surface area contributed by atoms with Gasteiger partial charge in [0.05, 0.1) is 17.9 Å². The number of hydrogen-bond donors (Lipinski definition) is 1. The standard InChI is InChI=1S/C28H44O8Si/c1-17-20(35-25(30)26(2,3)4)16-28(31,27(5,6)22(17)29)23(36-37(10,11)12)21-18(24(33-8)34-9)14-13-15-19(21)32-7/h13-15,23-24,31H,16H2,1-12H3/t23-,28+/m1/s1. The Labute approximate surface area is 222 Å². The van der Waals surface area contributed by atoms with Crippen LogP contribution in [0.15, 0.2) is 29.5 Å². The molecule has 0 fully saturated rings. The second-order valence-corrected chi connectivity index (χ2v) is 16.6. The third-order valence-electron chi connectivity index (χ3n) is 6.84. The summed E-state index contributed by atoms with van der Waals surface area (Å²) in [5.74, 6) is -0.219. The molecule has 1 aliphatic carbocycles. The fourth-order valence-corrected chi connectivity index (χ4v) is 5.53. The molecule has 9 heteroatoms. The summed E-state index contributed by atoms with van der Waals surface area (Å²) in [5.41, 5.74) is -2.48. The van der Waals surface area contributed by atoms with Crippen molar-refractivity contribution >= 4 is 20.1 Å². The number of carbonyl (C=O) groups excluding carboxylic acids is 2. The molecule has 0 aromatic heterocycles. The van der Waals surface area contributed by atoms with E-state index in [1.807, 2.05) is 25.7 Å². The van der Waals surface area contributed by atoms with Crippen molar-refractivity contribution in [3.8, 4) is 5.75 Å². The zero-order valence-corrected chi connectivity index (χ0v) is 25.4. The molecular weight excluding hydrogens is 492 g/mol. The van der Waals surface area contributed by atoms with Crippen molar-refractivity contribution < 1.29 is 38.1 Å². The van der Waals surface area contributed by atoms with Gasteiger partial charge in [0.25, 0.3) is 0 Å². The summed E-state index contributed by atoms with van der Waals surface area (Å²) in [4.78, 5) is 26.6. The monoisotopic (exact) mass is 536 g/mol. The van der Waals surface area contributed by atoms with Crippen LogP contribution in [0.3, 0.4) is 0 Å². The molecular formula is C28H44O8Si. The zero-order chi connectivity index (χ0) is 28.6. The molecule has 0 bridgehead atoms. The minimum atomic E-state index is -2.37. The molecule has 0 saturated heterocycles. The SMILES string of the molecule is COc1cccc(C(OC)OC)c1[C@@H](O[Si](C)(C)C)[C@@]1(O)CC(OC(=O)C(C)(C)C)=C(C)C(=O)C1(C)C. The van der Waals surface area contributed by atoms with Crippen molar-refractivity contribution in [2.75, 3.05) is 21.3 Å². The molecule has 1 aliphatic rings. The average molecular weight is 537 g/mol. The first-order valence-corrected chi connectivity index (χ1v) is 15.9. The molecule has 2 rings (SSSR count). The Bertz CT molecular complexity index is 1040. The van der Waals surface area contributed by atoms with Crippen LogP contribution in [0.1, 0.15) is 71.5 Å². The van der Waals surface area contributed by atoms with Crippen molar-refractivity contribution in [3.05, 3.63) is 40.7 Å². The van der Waals surface area contributed by atoms with Gasteiger partial charge in [-0.05, 0) is 67.2 Å². The molecule has 0 heterocycles. The van der Waals surface area contributed by atoms with Gasteiger partial charge in [0.15, 0.2) is 20.4 Å². The highest BCUT2D eigenvalue weighted by Crippen LogP contribution is 2.55. The van der Waals surface area contributed by atoms with Crippen LogP contribution in [0.4, 0.5) is 0 Å². The van der Waals surface area contributed by atoms with Gasteiger partial charge in [0, 0.05) is 37.3 Å². The molecule has 1 aromatic carbocycles. The Balaban J connectivity index is 2.88. The average Bonchev–Trinajstić information content (AvgIpc) is 2.79. The number of allylic oxidation sites excluding steroid dienone is 1. The van der Waals surface area contributed by atoms with E-state index in [0.717, 1.165) is 0 Å². The number of aliphatic hydroxyl groups is 1. The second-order valence-electron chi connectivity index (χ2n) is 12.1. The number of benzene rings is 1. The lowest BCUT2D eigenvalue weighted by Gasteiger charge is -2.51. The van der Waals surface area contributed by atoms with Gasteiger partial charge in [0.1, 0.15) is 23.2 Å². The normalized spacial score (nSPS) is 21.3. The van der Waals surface area contributed by atoms with Crippen LogP contribution in [-0.2, 0) is 28.2 Å². The van der Waals surface area contributed by atoms with Crippen LogP contribution in [0.2, 0.25) is 19.6 Å². The summed E-state index contributed by atoms with van der Waals surface area (Å²) in [6.45, 7) is 16.2. The topological polar surface area (TPSA) is 101 Å². The number of esters is 1. The van der Waals surface area contributed by atoms with Gasteiger partial charge in [-0.15, -0.1) is 0 Å². The van der Waals surface area contributed by atoms with E-state index in [1.54, 1.807) is 53.7 Å². The predicted molar refractivity (Wildman–Crippen MR) is 144 cm³/mol. The van der Waals surface area contributed by atoms with Gasteiger partial charge >= 0.3 is 5.97 Å². The quantitative estimate of drug-likeness (QED) is 0.252. The first-order chi connectivity index (χ1) is 16.9. The van der Waals surface area contributed by atoms with Crippen LogP contribution in [0, 0.1) is 10.8 Å². The zero-order valence-electron chi connectivity index (χ0n) is 24.4. The Morgan fingerprint density at radius 3 is 2.11 bits per heavy atom. The Morgan fingerprint density at radius 1 is 1.08 bits per heavy atom. The maximum Gasteiger partial charge on any atom is 0.316 e. The van der Waals surface area contributed by atoms with Crippen molar-refractivity contribution in [3.63, 3.8) is 0 Å². The van der Waals surface area contributed by atoms with Gasteiger partial charge < -0.3 is 28.5 Å². The number of rotatable bonds is 9. The Kier molecular flexibility index (Phi) is 9.25. The summed E-state index contributed by atoms with van der Waals surface area (Å²) >= 11 is 0. The lowest BCUT2D eigenvalue weighted by Crippen LogP contribution is -2.59. The number of carbonyl (C=O) groups is 2. The Hall–Kier alpha value is -2.04. The summed E-state index contributed by atoms with van der Waals surface area (Å²) < 4.78 is 29.4. The van der Waals surface area contributed by atoms with Gasteiger partial charge in [-0.3, -0.25) is 9.59 Å². The Morgan fingerprint density at radius 2 is 1.65 bits per heavy atom. The molecule has 0 saturated carbocycles. The minimum absolute atomic E-state index is 0.114. The molecule has 0 aliphatic heterocycles. The number of Topliss-reactive ketones (excluding diaryl/α,β-unsaturated/α-hetero) is 1. The van der Waals surface area contributed by atoms with E-state index < -0.39 is 43.1 Å². The maximum atomic E-state index is 13.8. The second kappa shape index (κ2) is 11.0. The summed E-state index contributed by atoms with van der Waals surface area (Å²) in [6.07, 6.45) is -1.93. The lowest BCUT2D eigenvalue weighted by molar-refractivity contribution is -0.174. The molecule has 208 valence electrons. The predicted octanol–water partition coefficient (Wildman–Crippen LogP) is 5.47. The smallest absolute Gasteiger partial charge is 0.316 e. The number of hydrogen-bond acceptors (Lipinski definition) is 8. The molecule has 8 nitrogen and oxygen atoms in total. The highest BCUT2D eigenvalue weighted by atomic mass is 28.4. The molecule has 0 spiro atoms.